The Morgan fingerprint density at radius 1 is 1.42 bits per heavy atom. The summed E-state index contributed by atoms with van der Waals surface area (Å²) < 4.78 is 37.1. The molecule has 1 aliphatic carbocycles. The lowest BCUT2D eigenvalue weighted by Gasteiger charge is -2.36. The van der Waals surface area contributed by atoms with Gasteiger partial charge in [0.1, 0.15) is 6.54 Å². The second-order valence-electron chi connectivity index (χ2n) is 5.73. The predicted octanol–water partition coefficient (Wildman–Crippen LogP) is 0.498. The van der Waals surface area contributed by atoms with Crippen molar-refractivity contribution in [2.75, 3.05) is 25.5 Å². The van der Waals surface area contributed by atoms with Crippen molar-refractivity contribution in [2.24, 2.45) is 0 Å². The zero-order chi connectivity index (χ0) is 14.1. The topological polar surface area (TPSA) is 79.6 Å². The largest absolute Gasteiger partial charge is 0.376 e. The van der Waals surface area contributed by atoms with Crippen LogP contribution in [-0.4, -0.2) is 56.0 Å². The molecule has 6 nitrogen and oxygen atoms in total. The summed E-state index contributed by atoms with van der Waals surface area (Å²) in [5, 5.41) is 8.75. The quantitative estimate of drug-likeness (QED) is 0.688. The van der Waals surface area contributed by atoms with Crippen LogP contribution >= 0.6 is 0 Å². The second kappa shape index (κ2) is 5.37. The van der Waals surface area contributed by atoms with E-state index >= 15 is 0 Å². The molecule has 0 bridgehead atoms. The Bertz CT molecular complexity index is 465. The van der Waals surface area contributed by atoms with Crippen molar-refractivity contribution in [3.8, 4) is 6.07 Å². The van der Waals surface area contributed by atoms with Gasteiger partial charge in [0, 0.05) is 6.04 Å². The monoisotopic (exact) mass is 288 g/mol. The van der Waals surface area contributed by atoms with E-state index in [0.717, 1.165) is 12.8 Å². The lowest BCUT2D eigenvalue weighted by atomic mass is 10.1. The summed E-state index contributed by atoms with van der Waals surface area (Å²) in [5.74, 6) is -0.116. The lowest BCUT2D eigenvalue weighted by Crippen LogP contribution is -2.48. The minimum atomic E-state index is -3.47. The summed E-state index contributed by atoms with van der Waals surface area (Å²) in [6.45, 7) is 4.42. The van der Waals surface area contributed by atoms with Crippen LogP contribution in [0.15, 0.2) is 0 Å². The normalized spacial score (nSPS) is 27.2. The third kappa shape index (κ3) is 3.89. The molecule has 19 heavy (non-hydrogen) atoms. The Kier molecular flexibility index (Phi) is 4.16. The molecular formula is C12H20N2O4S. The van der Waals surface area contributed by atoms with E-state index in [9.17, 15) is 8.42 Å². The van der Waals surface area contributed by atoms with Crippen LogP contribution in [0.25, 0.3) is 0 Å². The molecule has 7 heteroatoms. The van der Waals surface area contributed by atoms with Crippen molar-refractivity contribution in [1.82, 2.24) is 4.31 Å². The summed E-state index contributed by atoms with van der Waals surface area (Å²) in [6, 6.07) is 1.93. The van der Waals surface area contributed by atoms with Gasteiger partial charge in [0.15, 0.2) is 0 Å². The van der Waals surface area contributed by atoms with Crippen molar-refractivity contribution >= 4 is 10.0 Å². The number of ether oxygens (including phenoxy) is 2. The molecule has 1 aliphatic heterocycles. The Hall–Kier alpha value is -0.680. The summed E-state index contributed by atoms with van der Waals surface area (Å²) in [5.41, 5.74) is -0.460. The molecule has 0 aromatic carbocycles. The Labute approximate surface area is 114 Å². The van der Waals surface area contributed by atoms with E-state index in [4.69, 9.17) is 14.7 Å². The maximum absolute atomic E-state index is 12.3. The zero-order valence-corrected chi connectivity index (χ0v) is 12.1. The van der Waals surface area contributed by atoms with Gasteiger partial charge in [-0.15, -0.1) is 0 Å². The molecule has 0 N–H and O–H groups in total. The first-order valence-electron chi connectivity index (χ1n) is 6.46. The van der Waals surface area contributed by atoms with E-state index in [0.29, 0.717) is 6.61 Å². The van der Waals surface area contributed by atoms with Gasteiger partial charge in [0.2, 0.25) is 10.0 Å². The molecule has 2 fully saturated rings. The molecule has 1 unspecified atom stereocenters. The second-order valence-corrected chi connectivity index (χ2v) is 7.69. The van der Waals surface area contributed by atoms with Crippen LogP contribution < -0.4 is 0 Å². The summed E-state index contributed by atoms with van der Waals surface area (Å²) in [6.07, 6.45) is 1.22. The molecule has 0 amide bonds. The van der Waals surface area contributed by atoms with Gasteiger partial charge in [-0.1, -0.05) is 0 Å². The van der Waals surface area contributed by atoms with Crippen LogP contribution in [0.3, 0.4) is 0 Å². The van der Waals surface area contributed by atoms with Crippen molar-refractivity contribution in [2.45, 2.75) is 44.4 Å². The van der Waals surface area contributed by atoms with Crippen molar-refractivity contribution in [3.05, 3.63) is 0 Å². The predicted molar refractivity (Wildman–Crippen MR) is 68.9 cm³/mol. The van der Waals surface area contributed by atoms with Gasteiger partial charge < -0.3 is 9.47 Å². The van der Waals surface area contributed by atoms with E-state index in [-0.39, 0.29) is 24.9 Å². The smallest absolute Gasteiger partial charge is 0.217 e. The third-order valence-corrected chi connectivity index (χ3v) is 5.11. The highest BCUT2D eigenvalue weighted by atomic mass is 32.2. The minimum absolute atomic E-state index is 0.00201. The van der Waals surface area contributed by atoms with Gasteiger partial charge in [0.25, 0.3) is 0 Å². The average Bonchev–Trinajstić information content (AvgIpc) is 3.07. The third-order valence-electron chi connectivity index (χ3n) is 3.17. The van der Waals surface area contributed by atoms with Crippen molar-refractivity contribution < 1.29 is 17.9 Å². The number of nitriles is 1. The Morgan fingerprint density at radius 3 is 2.63 bits per heavy atom. The van der Waals surface area contributed by atoms with Crippen LogP contribution in [0.4, 0.5) is 0 Å². The molecule has 2 aliphatic rings. The van der Waals surface area contributed by atoms with Crippen LogP contribution in [0.2, 0.25) is 0 Å². The van der Waals surface area contributed by atoms with E-state index in [2.05, 4.69) is 0 Å². The summed E-state index contributed by atoms with van der Waals surface area (Å²) >= 11 is 0. The van der Waals surface area contributed by atoms with Gasteiger partial charge in [-0.25, -0.2) is 8.42 Å². The minimum Gasteiger partial charge on any atom is -0.376 e. The van der Waals surface area contributed by atoms with E-state index < -0.39 is 21.7 Å². The van der Waals surface area contributed by atoms with E-state index in [1.807, 2.05) is 19.9 Å². The molecule has 0 aromatic rings. The van der Waals surface area contributed by atoms with Gasteiger partial charge in [-0.2, -0.15) is 9.57 Å². The molecular weight excluding hydrogens is 268 g/mol. The lowest BCUT2D eigenvalue weighted by molar-refractivity contribution is -0.174. The van der Waals surface area contributed by atoms with Gasteiger partial charge in [-0.3, -0.25) is 0 Å². The number of sulfonamides is 1. The maximum Gasteiger partial charge on any atom is 0.217 e. The Morgan fingerprint density at radius 2 is 2.11 bits per heavy atom. The van der Waals surface area contributed by atoms with E-state index in [1.54, 1.807) is 0 Å². The van der Waals surface area contributed by atoms with Crippen molar-refractivity contribution in [3.63, 3.8) is 0 Å². The first kappa shape index (κ1) is 14.7. The molecule has 1 saturated heterocycles. The number of hydrogen-bond acceptors (Lipinski definition) is 5. The fourth-order valence-electron chi connectivity index (χ4n) is 2.25. The number of hydrogen-bond donors (Lipinski definition) is 0. The fourth-order valence-corrected chi connectivity index (χ4v) is 4.00. The molecule has 0 spiro atoms. The zero-order valence-electron chi connectivity index (χ0n) is 11.3. The molecule has 2 rings (SSSR count). The first-order valence-corrected chi connectivity index (χ1v) is 8.07. The molecule has 1 heterocycles. The molecule has 1 saturated carbocycles. The van der Waals surface area contributed by atoms with Gasteiger partial charge >= 0.3 is 0 Å². The molecule has 1 atom stereocenters. The van der Waals surface area contributed by atoms with Crippen LogP contribution in [0.5, 0.6) is 0 Å². The van der Waals surface area contributed by atoms with Gasteiger partial charge in [0.05, 0.1) is 36.7 Å². The molecule has 0 radical (unpaired) electrons. The standard InChI is InChI=1S/C12H20N2O4S/c1-12(2)9-17-7-11(18-12)8-19(15,16)14(6-5-13)10-3-4-10/h10-11H,3-4,6-9H2,1-2H3. The Balaban J connectivity index is 2.01. The average molecular weight is 288 g/mol. The molecule has 0 aromatic heterocycles. The summed E-state index contributed by atoms with van der Waals surface area (Å²) in [7, 11) is -3.47. The fraction of sp³-hybridized carbons (Fsp3) is 0.917. The van der Waals surface area contributed by atoms with Crippen LogP contribution in [-0.2, 0) is 19.5 Å². The van der Waals surface area contributed by atoms with Crippen LogP contribution in [0.1, 0.15) is 26.7 Å². The van der Waals surface area contributed by atoms with Crippen molar-refractivity contribution in [1.29, 1.82) is 5.26 Å². The molecule has 108 valence electrons. The highest BCUT2D eigenvalue weighted by Gasteiger charge is 2.40. The van der Waals surface area contributed by atoms with Gasteiger partial charge in [-0.05, 0) is 26.7 Å². The maximum atomic E-state index is 12.3. The SMILES string of the molecule is CC1(C)COCC(CS(=O)(=O)N(CC#N)C2CC2)O1. The number of nitrogens with zero attached hydrogens (tertiary/aromatic N) is 2. The number of rotatable bonds is 5. The highest BCUT2D eigenvalue weighted by molar-refractivity contribution is 7.89. The first-order chi connectivity index (χ1) is 8.84. The van der Waals surface area contributed by atoms with E-state index in [1.165, 1.54) is 4.31 Å². The highest BCUT2D eigenvalue weighted by Crippen LogP contribution is 2.30. The van der Waals surface area contributed by atoms with Crippen LogP contribution in [0, 0.1) is 11.3 Å². The summed E-state index contributed by atoms with van der Waals surface area (Å²) in [4.78, 5) is 0.